The van der Waals surface area contributed by atoms with Gasteiger partial charge in [0.25, 0.3) is 0 Å². The van der Waals surface area contributed by atoms with Crippen LogP contribution >= 0.6 is 0 Å². The maximum Gasteiger partial charge on any atom is 0.144 e. The first-order valence-electron chi connectivity index (χ1n) is 9.42. The molecule has 2 aromatic carbocycles. The molecule has 134 valence electrons. The van der Waals surface area contributed by atoms with Crippen molar-refractivity contribution in [1.82, 2.24) is 4.98 Å². The predicted molar refractivity (Wildman–Crippen MR) is 114 cm³/mol. The molecule has 0 unspecified atom stereocenters. The molecule has 0 spiro atoms. The van der Waals surface area contributed by atoms with Gasteiger partial charge in [0.1, 0.15) is 11.2 Å². The van der Waals surface area contributed by atoms with Gasteiger partial charge < -0.3 is 4.42 Å². The Hall–Kier alpha value is -3.13. The minimum atomic E-state index is 0.909. The van der Waals surface area contributed by atoms with Gasteiger partial charge in [-0.15, -0.1) is 13.2 Å². The fraction of sp³-hybridized carbons (Fsp3) is 0.160. The summed E-state index contributed by atoms with van der Waals surface area (Å²) in [6.45, 7) is 7.65. The lowest BCUT2D eigenvalue weighted by molar-refractivity contribution is 0.663. The van der Waals surface area contributed by atoms with E-state index in [0.717, 1.165) is 58.9 Å². The Bertz CT molecular complexity index is 1120. The number of nitrogens with zero attached hydrogens (tertiary/aromatic N) is 1. The highest BCUT2D eigenvalue weighted by Crippen LogP contribution is 2.36. The van der Waals surface area contributed by atoms with Crippen LogP contribution < -0.4 is 0 Å². The Kier molecular flexibility index (Phi) is 4.88. The van der Waals surface area contributed by atoms with Crippen LogP contribution in [0.1, 0.15) is 24.0 Å². The summed E-state index contributed by atoms with van der Waals surface area (Å²) in [6.07, 6.45) is 9.59. The van der Waals surface area contributed by atoms with Crippen molar-refractivity contribution in [3.63, 3.8) is 0 Å². The molecule has 2 aromatic heterocycles. The third-order valence-corrected chi connectivity index (χ3v) is 4.96. The van der Waals surface area contributed by atoms with Gasteiger partial charge in [0.05, 0.1) is 5.69 Å². The molecule has 27 heavy (non-hydrogen) atoms. The molecule has 0 fully saturated rings. The van der Waals surface area contributed by atoms with E-state index in [0.29, 0.717) is 0 Å². The standard InChI is InChI=1S/C25H23NO/c1-3-5-9-18-15-16-26-23(17-18)22-14-8-13-21-20-12-7-11-19(10-6-4-2)24(20)27-25(21)22/h3-4,7-8,11-17H,1-2,5-6,9-10H2. The van der Waals surface area contributed by atoms with E-state index in [1.165, 1.54) is 11.1 Å². The summed E-state index contributed by atoms with van der Waals surface area (Å²) < 4.78 is 6.40. The zero-order valence-corrected chi connectivity index (χ0v) is 15.4. The lowest BCUT2D eigenvalue weighted by Gasteiger charge is -2.04. The maximum atomic E-state index is 6.40. The highest BCUT2D eigenvalue weighted by molar-refractivity contribution is 6.10. The zero-order chi connectivity index (χ0) is 18.6. The second-order valence-corrected chi connectivity index (χ2v) is 6.78. The SMILES string of the molecule is C=CCCc1ccnc(-c2cccc3c2oc2c(CCC=C)cccc23)c1. The smallest absolute Gasteiger partial charge is 0.144 e. The van der Waals surface area contributed by atoms with Gasteiger partial charge in [0.2, 0.25) is 0 Å². The van der Waals surface area contributed by atoms with Crippen molar-refractivity contribution >= 4 is 21.9 Å². The van der Waals surface area contributed by atoms with Crippen LogP contribution in [0.2, 0.25) is 0 Å². The molecule has 2 heterocycles. The van der Waals surface area contributed by atoms with Crippen molar-refractivity contribution in [2.45, 2.75) is 25.7 Å². The van der Waals surface area contributed by atoms with Gasteiger partial charge in [-0.2, -0.15) is 0 Å². The molecule has 0 aliphatic carbocycles. The first kappa shape index (κ1) is 17.3. The highest BCUT2D eigenvalue weighted by Gasteiger charge is 2.15. The van der Waals surface area contributed by atoms with E-state index in [4.69, 9.17) is 4.42 Å². The number of pyridine rings is 1. The predicted octanol–water partition coefficient (Wildman–Crippen LogP) is 6.89. The van der Waals surface area contributed by atoms with Gasteiger partial charge in [-0.3, -0.25) is 4.98 Å². The Morgan fingerprint density at radius 2 is 1.59 bits per heavy atom. The fourth-order valence-corrected chi connectivity index (χ4v) is 3.58. The van der Waals surface area contributed by atoms with Crippen LogP contribution in [0.15, 0.2) is 84.5 Å². The summed E-state index contributed by atoms with van der Waals surface area (Å²) in [5.74, 6) is 0. The van der Waals surface area contributed by atoms with Crippen LogP contribution in [0.25, 0.3) is 33.2 Å². The van der Waals surface area contributed by atoms with E-state index in [1.807, 2.05) is 18.3 Å². The summed E-state index contributed by atoms with van der Waals surface area (Å²) in [6, 6.07) is 16.9. The molecule has 2 nitrogen and oxygen atoms in total. The number of hydrogen-bond donors (Lipinski definition) is 0. The molecule has 4 aromatic rings. The average Bonchev–Trinajstić information content (AvgIpc) is 3.10. The van der Waals surface area contributed by atoms with Crippen LogP contribution in [0, 0.1) is 0 Å². The third kappa shape index (κ3) is 3.31. The van der Waals surface area contributed by atoms with Gasteiger partial charge in [-0.1, -0.05) is 42.5 Å². The number of para-hydroxylation sites is 2. The summed E-state index contributed by atoms with van der Waals surface area (Å²) in [4.78, 5) is 4.61. The van der Waals surface area contributed by atoms with Crippen LogP contribution in [0.4, 0.5) is 0 Å². The molecular weight excluding hydrogens is 330 g/mol. The molecule has 0 aliphatic rings. The monoisotopic (exact) mass is 353 g/mol. The van der Waals surface area contributed by atoms with E-state index in [1.54, 1.807) is 0 Å². The molecule has 0 saturated heterocycles. The van der Waals surface area contributed by atoms with Gasteiger partial charge in [-0.05, 0) is 55.0 Å². The lowest BCUT2D eigenvalue weighted by atomic mass is 10.0. The van der Waals surface area contributed by atoms with Crippen LogP contribution in [0.5, 0.6) is 0 Å². The number of aryl methyl sites for hydroxylation is 2. The van der Waals surface area contributed by atoms with Gasteiger partial charge in [0.15, 0.2) is 0 Å². The van der Waals surface area contributed by atoms with E-state index in [2.05, 4.69) is 66.7 Å². The quantitative estimate of drug-likeness (QED) is 0.338. The second-order valence-electron chi connectivity index (χ2n) is 6.78. The van der Waals surface area contributed by atoms with Gasteiger partial charge in [0, 0.05) is 22.5 Å². The summed E-state index contributed by atoms with van der Waals surface area (Å²) in [7, 11) is 0. The van der Waals surface area contributed by atoms with Crippen LogP contribution in [0.3, 0.4) is 0 Å². The van der Waals surface area contributed by atoms with Crippen LogP contribution in [-0.2, 0) is 12.8 Å². The topological polar surface area (TPSA) is 26.0 Å². The third-order valence-electron chi connectivity index (χ3n) is 4.96. The van der Waals surface area contributed by atoms with Crippen molar-refractivity contribution in [1.29, 1.82) is 0 Å². The largest absolute Gasteiger partial charge is 0.455 e. The molecule has 4 rings (SSSR count). The number of rotatable bonds is 7. The molecule has 0 saturated carbocycles. The van der Waals surface area contributed by atoms with Crippen molar-refractivity contribution in [2.75, 3.05) is 0 Å². The Morgan fingerprint density at radius 3 is 2.41 bits per heavy atom. The number of furan rings is 1. The van der Waals surface area contributed by atoms with E-state index in [-0.39, 0.29) is 0 Å². The maximum absolute atomic E-state index is 6.40. The molecule has 0 amide bonds. The first-order valence-corrected chi connectivity index (χ1v) is 9.42. The Morgan fingerprint density at radius 1 is 0.852 bits per heavy atom. The minimum Gasteiger partial charge on any atom is -0.455 e. The normalized spacial score (nSPS) is 11.1. The zero-order valence-electron chi connectivity index (χ0n) is 15.4. The molecule has 0 radical (unpaired) electrons. The van der Waals surface area contributed by atoms with E-state index < -0.39 is 0 Å². The second kappa shape index (κ2) is 7.63. The van der Waals surface area contributed by atoms with Crippen molar-refractivity contribution in [3.8, 4) is 11.3 Å². The minimum absolute atomic E-state index is 0.909. The summed E-state index contributed by atoms with van der Waals surface area (Å²) >= 11 is 0. The molecule has 0 N–H and O–H groups in total. The summed E-state index contributed by atoms with van der Waals surface area (Å²) in [5.41, 5.74) is 6.37. The Labute approximate surface area is 159 Å². The lowest BCUT2D eigenvalue weighted by Crippen LogP contribution is -1.89. The van der Waals surface area contributed by atoms with Crippen molar-refractivity contribution < 1.29 is 4.42 Å². The molecule has 0 bridgehead atoms. The number of hydrogen-bond acceptors (Lipinski definition) is 2. The molecular formula is C25H23NO. The fourth-order valence-electron chi connectivity index (χ4n) is 3.58. The molecule has 0 atom stereocenters. The first-order chi connectivity index (χ1) is 13.3. The number of fused-ring (bicyclic) bond motifs is 3. The molecule has 2 heteroatoms. The highest BCUT2D eigenvalue weighted by atomic mass is 16.3. The summed E-state index contributed by atoms with van der Waals surface area (Å²) in [5, 5.41) is 2.30. The van der Waals surface area contributed by atoms with Gasteiger partial charge in [-0.25, -0.2) is 0 Å². The van der Waals surface area contributed by atoms with E-state index in [9.17, 15) is 0 Å². The average molecular weight is 353 g/mol. The number of allylic oxidation sites excluding steroid dienone is 2. The van der Waals surface area contributed by atoms with Crippen LogP contribution in [-0.4, -0.2) is 4.98 Å². The van der Waals surface area contributed by atoms with E-state index >= 15 is 0 Å². The number of aromatic nitrogens is 1. The van der Waals surface area contributed by atoms with Crippen molar-refractivity contribution in [3.05, 3.63) is 91.2 Å². The number of benzene rings is 2. The van der Waals surface area contributed by atoms with Crippen molar-refractivity contribution in [2.24, 2.45) is 0 Å². The Balaban J connectivity index is 1.87. The van der Waals surface area contributed by atoms with Gasteiger partial charge >= 0.3 is 0 Å². The molecule has 0 aliphatic heterocycles.